The molecule has 5 heteroatoms. The summed E-state index contributed by atoms with van der Waals surface area (Å²) < 4.78 is 19.2. The summed E-state index contributed by atoms with van der Waals surface area (Å²) in [6.45, 7) is 6.68. The van der Waals surface area contributed by atoms with Crippen LogP contribution in [0.1, 0.15) is 38.3 Å². The molecule has 0 bridgehead atoms. The van der Waals surface area contributed by atoms with E-state index >= 15 is 0 Å². The highest BCUT2D eigenvalue weighted by Gasteiger charge is 2.25. The van der Waals surface area contributed by atoms with E-state index in [2.05, 4.69) is 18.7 Å². The normalized spacial score (nSPS) is 15.5. The molecule has 2 rings (SSSR count). The first-order valence-corrected chi connectivity index (χ1v) is 7.44. The summed E-state index contributed by atoms with van der Waals surface area (Å²) in [6, 6.07) is 3.94. The van der Waals surface area contributed by atoms with Crippen molar-refractivity contribution in [3.05, 3.63) is 29.1 Å². The fraction of sp³-hybridized carbons (Fsp3) is 0.471. The van der Waals surface area contributed by atoms with E-state index in [0.717, 1.165) is 30.6 Å². The van der Waals surface area contributed by atoms with Crippen LogP contribution in [0.15, 0.2) is 18.0 Å². The second-order valence-corrected chi connectivity index (χ2v) is 5.82. The lowest BCUT2D eigenvalue weighted by molar-refractivity contribution is -0.134. The highest BCUT2D eigenvalue weighted by Crippen LogP contribution is 2.40. The van der Waals surface area contributed by atoms with Crippen LogP contribution < -0.4 is 9.64 Å². The molecule has 1 aliphatic heterocycles. The van der Waals surface area contributed by atoms with Crippen molar-refractivity contribution in [3.8, 4) is 5.75 Å². The Kier molecular flexibility index (Phi) is 4.74. The van der Waals surface area contributed by atoms with Gasteiger partial charge in [0.15, 0.2) is 0 Å². The average Bonchev–Trinajstić information content (AvgIpc) is 2.51. The van der Waals surface area contributed by atoms with Crippen LogP contribution in [0.25, 0.3) is 5.57 Å². The van der Waals surface area contributed by atoms with Gasteiger partial charge >= 0.3 is 5.97 Å². The molecule has 0 saturated heterocycles. The maximum atomic E-state index is 13.7. The maximum Gasteiger partial charge on any atom is 0.365 e. The number of aliphatic carboxylic acids is 1. The minimum Gasteiger partial charge on any atom is -0.495 e. The number of hydrogen-bond donors (Lipinski definition) is 1. The number of ether oxygens (including phenoxy) is 1. The van der Waals surface area contributed by atoms with Crippen molar-refractivity contribution in [2.45, 2.75) is 39.7 Å². The summed E-state index contributed by atoms with van der Waals surface area (Å²) in [5.41, 5.74) is 2.79. The number of carboxylic acids is 1. The van der Waals surface area contributed by atoms with Crippen LogP contribution in [0.5, 0.6) is 5.75 Å². The van der Waals surface area contributed by atoms with Gasteiger partial charge in [-0.3, -0.25) is 0 Å². The first-order valence-electron chi connectivity index (χ1n) is 7.44. The Labute approximate surface area is 130 Å². The quantitative estimate of drug-likeness (QED) is 0.863. The predicted octanol–water partition coefficient (Wildman–Crippen LogP) is 3.64. The van der Waals surface area contributed by atoms with Crippen LogP contribution in [-0.2, 0) is 11.2 Å². The molecule has 1 N–H and O–H groups in total. The van der Waals surface area contributed by atoms with Gasteiger partial charge in [-0.15, -0.1) is 0 Å². The Balaban J connectivity index is 2.60. The number of fused-ring (bicyclic) bond motifs is 1. The van der Waals surface area contributed by atoms with Gasteiger partial charge in [0.1, 0.15) is 5.75 Å². The van der Waals surface area contributed by atoms with Crippen LogP contribution >= 0.6 is 0 Å². The van der Waals surface area contributed by atoms with E-state index in [4.69, 9.17) is 9.84 Å². The topological polar surface area (TPSA) is 49.8 Å². The number of aryl methyl sites for hydroxylation is 1. The number of hydrogen-bond acceptors (Lipinski definition) is 3. The lowest BCUT2D eigenvalue weighted by atomic mass is 9.94. The van der Waals surface area contributed by atoms with Crippen molar-refractivity contribution in [3.63, 3.8) is 0 Å². The molecule has 0 atom stereocenters. The SMILES string of the molecule is COc1cc(/C(C)=C(/F)C(=O)O)cc2c1N(C(C)C)CCC2. The molecule has 0 fully saturated rings. The number of nitrogens with zero attached hydrogens (tertiary/aromatic N) is 1. The van der Waals surface area contributed by atoms with Gasteiger partial charge in [-0.05, 0) is 62.4 Å². The summed E-state index contributed by atoms with van der Waals surface area (Å²) >= 11 is 0. The molecule has 0 amide bonds. The summed E-state index contributed by atoms with van der Waals surface area (Å²) in [6.07, 6.45) is 1.90. The van der Waals surface area contributed by atoms with Crippen molar-refractivity contribution in [2.24, 2.45) is 0 Å². The number of allylic oxidation sites excluding steroid dienone is 1. The third kappa shape index (κ3) is 2.93. The molecule has 1 aromatic carbocycles. The Morgan fingerprint density at radius 1 is 1.41 bits per heavy atom. The zero-order chi connectivity index (χ0) is 16.4. The molecule has 1 aromatic rings. The van der Waals surface area contributed by atoms with Crippen LogP contribution in [0, 0.1) is 0 Å². The van der Waals surface area contributed by atoms with E-state index < -0.39 is 11.8 Å². The van der Waals surface area contributed by atoms with Gasteiger partial charge in [0, 0.05) is 12.6 Å². The van der Waals surface area contributed by atoms with Crippen molar-refractivity contribution in [1.82, 2.24) is 0 Å². The average molecular weight is 307 g/mol. The smallest absolute Gasteiger partial charge is 0.365 e. The minimum absolute atomic E-state index is 0.121. The van der Waals surface area contributed by atoms with Crippen LogP contribution in [-0.4, -0.2) is 30.8 Å². The zero-order valence-corrected chi connectivity index (χ0v) is 13.4. The summed E-state index contributed by atoms with van der Waals surface area (Å²) in [7, 11) is 1.58. The van der Waals surface area contributed by atoms with Gasteiger partial charge in [-0.1, -0.05) is 0 Å². The molecule has 0 spiro atoms. The van der Waals surface area contributed by atoms with Crippen molar-refractivity contribution < 1.29 is 19.0 Å². The van der Waals surface area contributed by atoms with Crippen molar-refractivity contribution >= 4 is 17.2 Å². The van der Waals surface area contributed by atoms with Crippen molar-refractivity contribution in [1.29, 1.82) is 0 Å². The van der Waals surface area contributed by atoms with Gasteiger partial charge in [-0.25, -0.2) is 4.79 Å². The third-order valence-corrected chi connectivity index (χ3v) is 4.08. The number of carboxylic acid groups (broad SMARTS) is 1. The van der Waals surface area contributed by atoms with Crippen LogP contribution in [0.2, 0.25) is 0 Å². The zero-order valence-electron chi connectivity index (χ0n) is 13.4. The van der Waals surface area contributed by atoms with Gasteiger partial charge in [-0.2, -0.15) is 4.39 Å². The molecule has 4 nitrogen and oxygen atoms in total. The fourth-order valence-corrected chi connectivity index (χ4v) is 2.91. The molecule has 22 heavy (non-hydrogen) atoms. The highest BCUT2D eigenvalue weighted by molar-refractivity contribution is 5.94. The molecule has 1 aliphatic rings. The standard InChI is InChI=1S/C17H22FNO3/c1-10(2)19-7-5-6-12-8-13(9-14(22-4)16(12)19)11(3)15(18)17(20)21/h8-10H,5-7H2,1-4H3,(H,20,21)/b15-11+. The molecular weight excluding hydrogens is 285 g/mol. The summed E-state index contributed by atoms with van der Waals surface area (Å²) in [5, 5.41) is 8.82. The first kappa shape index (κ1) is 16.3. The maximum absolute atomic E-state index is 13.7. The van der Waals surface area contributed by atoms with Gasteiger partial charge < -0.3 is 14.7 Å². The van der Waals surface area contributed by atoms with Gasteiger partial charge in [0.2, 0.25) is 5.83 Å². The van der Waals surface area contributed by atoms with Crippen LogP contribution in [0.3, 0.4) is 0 Å². The first-order chi connectivity index (χ1) is 10.4. The molecule has 120 valence electrons. The van der Waals surface area contributed by atoms with E-state index in [1.165, 1.54) is 6.92 Å². The number of rotatable bonds is 4. The van der Waals surface area contributed by atoms with E-state index in [9.17, 15) is 9.18 Å². The largest absolute Gasteiger partial charge is 0.495 e. The lowest BCUT2D eigenvalue weighted by Crippen LogP contribution is -2.35. The molecule has 0 unspecified atom stereocenters. The highest BCUT2D eigenvalue weighted by atomic mass is 19.1. The second kappa shape index (κ2) is 6.38. The minimum atomic E-state index is -1.54. The Morgan fingerprint density at radius 3 is 2.64 bits per heavy atom. The molecule has 1 heterocycles. The number of anilines is 1. The number of methoxy groups -OCH3 is 1. The van der Waals surface area contributed by atoms with Crippen LogP contribution in [0.4, 0.5) is 10.1 Å². The Hall–Kier alpha value is -2.04. The number of halogens is 1. The van der Waals surface area contributed by atoms with E-state index in [-0.39, 0.29) is 5.57 Å². The summed E-state index contributed by atoms with van der Waals surface area (Å²) in [4.78, 5) is 13.1. The van der Waals surface area contributed by atoms with E-state index in [1.54, 1.807) is 13.2 Å². The molecule has 0 saturated carbocycles. The third-order valence-electron chi connectivity index (χ3n) is 4.08. The Morgan fingerprint density at radius 2 is 2.09 bits per heavy atom. The van der Waals surface area contributed by atoms with Crippen molar-refractivity contribution in [2.75, 3.05) is 18.6 Å². The monoisotopic (exact) mass is 307 g/mol. The molecule has 0 aliphatic carbocycles. The molecule has 0 radical (unpaired) electrons. The van der Waals surface area contributed by atoms with Gasteiger partial charge in [0.05, 0.1) is 12.8 Å². The summed E-state index contributed by atoms with van der Waals surface area (Å²) in [5.74, 6) is -2.00. The second-order valence-electron chi connectivity index (χ2n) is 5.82. The van der Waals surface area contributed by atoms with Gasteiger partial charge in [0.25, 0.3) is 0 Å². The lowest BCUT2D eigenvalue weighted by Gasteiger charge is -2.36. The Bertz CT molecular complexity index is 605. The fourth-order valence-electron chi connectivity index (χ4n) is 2.91. The van der Waals surface area contributed by atoms with E-state index in [1.807, 2.05) is 6.07 Å². The number of benzene rings is 1. The molecule has 0 aromatic heterocycles. The molecular formula is C17H22FNO3. The predicted molar refractivity (Wildman–Crippen MR) is 85.1 cm³/mol. The van der Waals surface area contributed by atoms with E-state index in [0.29, 0.717) is 17.4 Å². The number of carbonyl (C=O) groups is 1.